The Kier molecular flexibility index (Phi) is 5.12. The first kappa shape index (κ1) is 17.1. The van der Waals surface area contributed by atoms with E-state index in [0.717, 1.165) is 24.9 Å². The first-order valence-electron chi connectivity index (χ1n) is 8.61. The maximum absolute atomic E-state index is 12.4. The molecule has 5 nitrogen and oxygen atoms in total. The van der Waals surface area contributed by atoms with Gasteiger partial charge in [-0.3, -0.25) is 4.79 Å². The second kappa shape index (κ2) is 7.47. The fourth-order valence-corrected chi connectivity index (χ4v) is 3.17. The van der Waals surface area contributed by atoms with Crippen LogP contribution in [-0.2, 0) is 4.79 Å². The van der Waals surface area contributed by atoms with Gasteiger partial charge in [0.25, 0.3) is 0 Å². The van der Waals surface area contributed by atoms with Crippen LogP contribution in [0.5, 0.6) is 5.75 Å². The first-order valence-corrected chi connectivity index (χ1v) is 8.61. The molecule has 1 aliphatic rings. The zero-order valence-electron chi connectivity index (χ0n) is 14.7. The molecule has 0 bridgehead atoms. The number of likely N-dealkylation sites (tertiary alicyclic amines) is 1. The average molecular weight is 340 g/mol. The van der Waals surface area contributed by atoms with Crippen molar-refractivity contribution >= 4 is 17.7 Å². The lowest BCUT2D eigenvalue weighted by atomic mass is 10.0. The predicted molar refractivity (Wildman–Crippen MR) is 99.2 cm³/mol. The lowest BCUT2D eigenvalue weighted by Crippen LogP contribution is -2.41. The smallest absolute Gasteiger partial charge is 0.246 e. The second-order valence-electron chi connectivity index (χ2n) is 6.37. The number of amides is 1. The number of ether oxygens (including phenoxy) is 1. The summed E-state index contributed by atoms with van der Waals surface area (Å²) in [5, 5.41) is 0. The van der Waals surface area contributed by atoms with Gasteiger partial charge in [0.15, 0.2) is 0 Å². The Hall–Kier alpha value is -2.69. The van der Waals surface area contributed by atoms with Crippen molar-refractivity contribution in [1.82, 2.24) is 4.90 Å². The molecule has 1 atom stereocenters. The van der Waals surface area contributed by atoms with E-state index in [4.69, 9.17) is 14.9 Å². The number of benzene rings is 1. The number of nitrogens with two attached hydrogens (primary N) is 1. The maximum Gasteiger partial charge on any atom is 0.246 e. The second-order valence-corrected chi connectivity index (χ2v) is 6.37. The van der Waals surface area contributed by atoms with Crippen LogP contribution in [0.3, 0.4) is 0 Å². The highest BCUT2D eigenvalue weighted by Crippen LogP contribution is 2.33. The van der Waals surface area contributed by atoms with E-state index in [2.05, 4.69) is 6.92 Å². The normalized spacial score (nSPS) is 17.8. The summed E-state index contributed by atoms with van der Waals surface area (Å²) in [7, 11) is 1.60. The standard InChI is InChI=1S/C20H24N2O3/c1-14-5-3-4-12-22(14)20(23)11-8-16-7-10-18(25-16)17-9-6-15(21)13-19(17)24-2/h6-11,13-14H,3-5,12,21H2,1-2H3/b11-8+. The Morgan fingerprint density at radius 3 is 2.92 bits per heavy atom. The van der Waals surface area contributed by atoms with Crippen LogP contribution in [-0.4, -0.2) is 30.5 Å². The van der Waals surface area contributed by atoms with Crippen molar-refractivity contribution in [2.24, 2.45) is 0 Å². The number of nitrogens with zero attached hydrogens (tertiary/aromatic N) is 1. The van der Waals surface area contributed by atoms with Crippen LogP contribution in [0.1, 0.15) is 31.9 Å². The maximum atomic E-state index is 12.4. The van der Waals surface area contributed by atoms with Crippen LogP contribution in [0.2, 0.25) is 0 Å². The largest absolute Gasteiger partial charge is 0.496 e. The summed E-state index contributed by atoms with van der Waals surface area (Å²) >= 11 is 0. The number of hydrogen-bond donors (Lipinski definition) is 1. The predicted octanol–water partition coefficient (Wildman–Crippen LogP) is 3.95. The Morgan fingerprint density at radius 1 is 1.32 bits per heavy atom. The number of hydrogen-bond acceptors (Lipinski definition) is 4. The van der Waals surface area contributed by atoms with Crippen molar-refractivity contribution in [3.8, 4) is 17.1 Å². The molecule has 1 fully saturated rings. The molecule has 2 heterocycles. The third-order valence-electron chi connectivity index (χ3n) is 4.59. The van der Waals surface area contributed by atoms with E-state index in [0.29, 0.717) is 29.0 Å². The van der Waals surface area contributed by atoms with Crippen LogP contribution in [0.15, 0.2) is 40.8 Å². The molecular formula is C20H24N2O3. The highest BCUT2D eigenvalue weighted by atomic mass is 16.5. The Balaban J connectivity index is 1.74. The van der Waals surface area contributed by atoms with E-state index in [1.54, 1.807) is 31.4 Å². The van der Waals surface area contributed by atoms with Gasteiger partial charge in [0.2, 0.25) is 5.91 Å². The fraction of sp³-hybridized carbons (Fsp3) is 0.350. The van der Waals surface area contributed by atoms with Gasteiger partial charge in [-0.25, -0.2) is 0 Å². The van der Waals surface area contributed by atoms with E-state index in [1.165, 1.54) is 6.42 Å². The van der Waals surface area contributed by atoms with E-state index in [-0.39, 0.29) is 5.91 Å². The molecule has 1 saturated heterocycles. The van der Waals surface area contributed by atoms with Crippen LogP contribution in [0.25, 0.3) is 17.4 Å². The SMILES string of the molecule is COc1cc(N)ccc1-c1ccc(/C=C/C(=O)N2CCCCC2C)o1. The fourth-order valence-electron chi connectivity index (χ4n) is 3.17. The number of rotatable bonds is 4. The number of piperidine rings is 1. The number of carbonyl (C=O) groups excluding carboxylic acids is 1. The Labute approximate surface area is 148 Å². The first-order chi connectivity index (χ1) is 12.1. The van der Waals surface area contributed by atoms with Gasteiger partial charge < -0.3 is 19.8 Å². The molecule has 2 N–H and O–H groups in total. The molecule has 5 heteroatoms. The van der Waals surface area contributed by atoms with Crippen molar-refractivity contribution in [2.45, 2.75) is 32.2 Å². The van der Waals surface area contributed by atoms with Gasteiger partial charge in [-0.15, -0.1) is 0 Å². The van der Waals surface area contributed by atoms with Crippen LogP contribution < -0.4 is 10.5 Å². The number of furan rings is 1. The van der Waals surface area contributed by atoms with E-state index in [1.807, 2.05) is 23.1 Å². The molecule has 25 heavy (non-hydrogen) atoms. The molecule has 3 rings (SSSR count). The summed E-state index contributed by atoms with van der Waals surface area (Å²) < 4.78 is 11.2. The molecule has 1 aliphatic heterocycles. The summed E-state index contributed by atoms with van der Waals surface area (Å²) in [6.07, 6.45) is 6.65. The molecule has 1 unspecified atom stereocenters. The Bertz CT molecular complexity index is 779. The van der Waals surface area contributed by atoms with Crippen LogP contribution >= 0.6 is 0 Å². The van der Waals surface area contributed by atoms with Crippen molar-refractivity contribution in [3.63, 3.8) is 0 Å². The minimum atomic E-state index is 0.0372. The molecule has 0 radical (unpaired) electrons. The summed E-state index contributed by atoms with van der Waals surface area (Å²) in [5.41, 5.74) is 7.24. The molecule has 132 valence electrons. The Morgan fingerprint density at radius 2 is 2.16 bits per heavy atom. The third-order valence-corrected chi connectivity index (χ3v) is 4.59. The molecule has 0 spiro atoms. The molecule has 1 aromatic carbocycles. The summed E-state index contributed by atoms with van der Waals surface area (Å²) in [4.78, 5) is 14.3. The molecule has 1 aromatic heterocycles. The van der Waals surface area contributed by atoms with E-state index in [9.17, 15) is 4.79 Å². The quantitative estimate of drug-likeness (QED) is 0.676. The number of carbonyl (C=O) groups is 1. The van der Waals surface area contributed by atoms with Crippen molar-refractivity contribution in [3.05, 3.63) is 42.2 Å². The minimum absolute atomic E-state index is 0.0372. The average Bonchev–Trinajstić information content (AvgIpc) is 3.08. The lowest BCUT2D eigenvalue weighted by molar-refractivity contribution is -0.129. The lowest BCUT2D eigenvalue weighted by Gasteiger charge is -2.32. The van der Waals surface area contributed by atoms with E-state index >= 15 is 0 Å². The van der Waals surface area contributed by atoms with Crippen LogP contribution in [0, 0.1) is 0 Å². The molecular weight excluding hydrogens is 316 g/mol. The van der Waals surface area contributed by atoms with Gasteiger partial charge in [-0.2, -0.15) is 0 Å². The zero-order valence-corrected chi connectivity index (χ0v) is 14.7. The monoisotopic (exact) mass is 340 g/mol. The molecule has 2 aromatic rings. The molecule has 1 amide bonds. The molecule has 0 aliphatic carbocycles. The number of anilines is 1. The summed E-state index contributed by atoms with van der Waals surface area (Å²) in [6, 6.07) is 9.43. The summed E-state index contributed by atoms with van der Waals surface area (Å²) in [5.74, 6) is 2.00. The zero-order chi connectivity index (χ0) is 17.8. The van der Waals surface area contributed by atoms with Gasteiger partial charge >= 0.3 is 0 Å². The molecule has 0 saturated carbocycles. The topological polar surface area (TPSA) is 68.7 Å². The summed E-state index contributed by atoms with van der Waals surface area (Å²) in [6.45, 7) is 2.93. The minimum Gasteiger partial charge on any atom is -0.496 e. The van der Waals surface area contributed by atoms with Crippen molar-refractivity contribution in [1.29, 1.82) is 0 Å². The van der Waals surface area contributed by atoms with Crippen molar-refractivity contribution in [2.75, 3.05) is 19.4 Å². The highest BCUT2D eigenvalue weighted by Gasteiger charge is 2.21. The van der Waals surface area contributed by atoms with Crippen LogP contribution in [0.4, 0.5) is 5.69 Å². The van der Waals surface area contributed by atoms with Gasteiger partial charge in [-0.05, 0) is 56.5 Å². The van der Waals surface area contributed by atoms with Gasteiger partial charge in [0.1, 0.15) is 17.3 Å². The number of methoxy groups -OCH3 is 1. The highest BCUT2D eigenvalue weighted by molar-refractivity contribution is 5.91. The number of nitrogen functional groups attached to an aromatic ring is 1. The van der Waals surface area contributed by atoms with Gasteiger partial charge in [0.05, 0.1) is 12.7 Å². The third kappa shape index (κ3) is 3.87. The van der Waals surface area contributed by atoms with Gasteiger partial charge in [-0.1, -0.05) is 0 Å². The van der Waals surface area contributed by atoms with Gasteiger partial charge in [0, 0.05) is 30.4 Å². The van der Waals surface area contributed by atoms with Crippen molar-refractivity contribution < 1.29 is 13.9 Å². The van der Waals surface area contributed by atoms with E-state index < -0.39 is 0 Å².